The minimum atomic E-state index is 0.340. The number of benzene rings is 1. The first kappa shape index (κ1) is 11.6. The van der Waals surface area contributed by atoms with Gasteiger partial charge in [-0.15, -0.1) is 0 Å². The Labute approximate surface area is 98.0 Å². The largest absolute Gasteiger partial charge is 0.383 e. The standard InChI is InChI=1S/C14H21NO/c1-16-11-14(13-8-3-2-4-9-13)15-10-12-6-5-7-12/h2-4,8-9,12,14-15H,5-7,10-11H2,1H3. The van der Waals surface area contributed by atoms with Gasteiger partial charge in [0.15, 0.2) is 0 Å². The molecule has 1 aromatic rings. The maximum absolute atomic E-state index is 5.28. The molecule has 0 saturated heterocycles. The summed E-state index contributed by atoms with van der Waals surface area (Å²) in [5.74, 6) is 0.892. The van der Waals surface area contributed by atoms with Crippen molar-refractivity contribution < 1.29 is 4.74 Å². The lowest BCUT2D eigenvalue weighted by molar-refractivity contribution is 0.159. The molecule has 1 aliphatic carbocycles. The molecule has 2 heteroatoms. The van der Waals surface area contributed by atoms with Gasteiger partial charge >= 0.3 is 0 Å². The van der Waals surface area contributed by atoms with Crippen molar-refractivity contribution in [3.8, 4) is 0 Å². The van der Waals surface area contributed by atoms with Crippen molar-refractivity contribution in [2.75, 3.05) is 20.3 Å². The number of rotatable bonds is 6. The third-order valence-electron chi connectivity index (χ3n) is 3.41. The van der Waals surface area contributed by atoms with Crippen LogP contribution in [0.5, 0.6) is 0 Å². The second kappa shape index (κ2) is 6.02. The Morgan fingerprint density at radius 2 is 2.06 bits per heavy atom. The average molecular weight is 219 g/mol. The molecule has 1 unspecified atom stereocenters. The van der Waals surface area contributed by atoms with Gasteiger partial charge in [0.05, 0.1) is 12.6 Å². The quantitative estimate of drug-likeness (QED) is 0.794. The summed E-state index contributed by atoms with van der Waals surface area (Å²) in [6, 6.07) is 10.9. The molecule has 0 spiro atoms. The van der Waals surface area contributed by atoms with E-state index in [1.165, 1.54) is 24.8 Å². The lowest BCUT2D eigenvalue weighted by Crippen LogP contribution is -2.32. The van der Waals surface area contributed by atoms with Crippen LogP contribution in [-0.4, -0.2) is 20.3 Å². The molecule has 1 saturated carbocycles. The van der Waals surface area contributed by atoms with E-state index in [2.05, 4.69) is 35.6 Å². The summed E-state index contributed by atoms with van der Waals surface area (Å²) in [5.41, 5.74) is 1.32. The first-order valence-corrected chi connectivity index (χ1v) is 6.17. The molecule has 0 bridgehead atoms. The minimum Gasteiger partial charge on any atom is -0.383 e. The lowest BCUT2D eigenvalue weighted by Gasteiger charge is -2.28. The van der Waals surface area contributed by atoms with E-state index in [0.29, 0.717) is 6.04 Å². The number of hydrogen-bond acceptors (Lipinski definition) is 2. The molecular weight excluding hydrogens is 198 g/mol. The highest BCUT2D eigenvalue weighted by atomic mass is 16.5. The maximum Gasteiger partial charge on any atom is 0.0657 e. The molecule has 1 atom stereocenters. The zero-order valence-corrected chi connectivity index (χ0v) is 9.99. The highest BCUT2D eigenvalue weighted by Crippen LogP contribution is 2.26. The highest BCUT2D eigenvalue weighted by Gasteiger charge is 2.19. The molecule has 1 aromatic carbocycles. The van der Waals surface area contributed by atoms with Crippen LogP contribution in [0.15, 0.2) is 30.3 Å². The Morgan fingerprint density at radius 1 is 1.31 bits per heavy atom. The zero-order chi connectivity index (χ0) is 11.2. The molecule has 1 aliphatic rings. The van der Waals surface area contributed by atoms with Gasteiger partial charge in [-0.3, -0.25) is 0 Å². The Bertz CT molecular complexity index is 295. The predicted molar refractivity (Wildman–Crippen MR) is 66.4 cm³/mol. The van der Waals surface area contributed by atoms with Gasteiger partial charge in [0.1, 0.15) is 0 Å². The van der Waals surface area contributed by atoms with Crippen LogP contribution in [0.2, 0.25) is 0 Å². The molecular formula is C14H21NO. The molecule has 16 heavy (non-hydrogen) atoms. The minimum absolute atomic E-state index is 0.340. The van der Waals surface area contributed by atoms with Gasteiger partial charge in [0, 0.05) is 7.11 Å². The third-order valence-corrected chi connectivity index (χ3v) is 3.41. The van der Waals surface area contributed by atoms with Gasteiger partial charge in [-0.25, -0.2) is 0 Å². The first-order chi connectivity index (χ1) is 7.90. The van der Waals surface area contributed by atoms with Crippen LogP contribution in [0, 0.1) is 5.92 Å². The van der Waals surface area contributed by atoms with E-state index < -0.39 is 0 Å². The van der Waals surface area contributed by atoms with Crippen LogP contribution < -0.4 is 5.32 Å². The summed E-state index contributed by atoms with van der Waals surface area (Å²) in [6.07, 6.45) is 4.19. The van der Waals surface area contributed by atoms with Gasteiger partial charge in [-0.2, -0.15) is 0 Å². The summed E-state index contributed by atoms with van der Waals surface area (Å²) in [5, 5.41) is 3.61. The summed E-state index contributed by atoms with van der Waals surface area (Å²) >= 11 is 0. The van der Waals surface area contributed by atoms with Crippen LogP contribution in [-0.2, 0) is 4.74 Å². The van der Waals surface area contributed by atoms with E-state index in [1.54, 1.807) is 7.11 Å². The smallest absolute Gasteiger partial charge is 0.0657 e. The predicted octanol–water partition coefficient (Wildman–Crippen LogP) is 2.76. The van der Waals surface area contributed by atoms with Crippen LogP contribution in [0.25, 0.3) is 0 Å². The first-order valence-electron chi connectivity index (χ1n) is 6.17. The van der Waals surface area contributed by atoms with Crippen LogP contribution in [0.1, 0.15) is 30.9 Å². The van der Waals surface area contributed by atoms with Gasteiger partial charge in [-0.1, -0.05) is 36.8 Å². The summed E-state index contributed by atoms with van der Waals surface area (Å²) in [6.45, 7) is 1.87. The Kier molecular flexibility index (Phi) is 4.37. The molecule has 0 aromatic heterocycles. The van der Waals surface area contributed by atoms with E-state index in [4.69, 9.17) is 4.74 Å². The van der Waals surface area contributed by atoms with Crippen molar-refractivity contribution in [2.45, 2.75) is 25.3 Å². The molecule has 0 heterocycles. The molecule has 0 aliphatic heterocycles. The number of methoxy groups -OCH3 is 1. The fourth-order valence-electron chi connectivity index (χ4n) is 2.13. The van der Waals surface area contributed by atoms with Crippen molar-refractivity contribution in [3.05, 3.63) is 35.9 Å². The van der Waals surface area contributed by atoms with Crippen LogP contribution >= 0.6 is 0 Å². The van der Waals surface area contributed by atoms with E-state index in [1.807, 2.05) is 0 Å². The summed E-state index contributed by atoms with van der Waals surface area (Å²) in [4.78, 5) is 0. The Hall–Kier alpha value is -0.860. The second-order valence-electron chi connectivity index (χ2n) is 4.62. The van der Waals surface area contributed by atoms with Crippen LogP contribution in [0.4, 0.5) is 0 Å². The molecule has 2 nitrogen and oxygen atoms in total. The second-order valence-corrected chi connectivity index (χ2v) is 4.62. The van der Waals surface area contributed by atoms with E-state index in [0.717, 1.165) is 19.1 Å². The fraction of sp³-hybridized carbons (Fsp3) is 0.571. The number of nitrogens with one attached hydrogen (secondary N) is 1. The molecule has 1 fully saturated rings. The third kappa shape index (κ3) is 3.06. The SMILES string of the molecule is COCC(NCC1CCC1)c1ccccc1. The topological polar surface area (TPSA) is 21.3 Å². The number of hydrogen-bond donors (Lipinski definition) is 1. The van der Waals surface area contributed by atoms with Gasteiger partial charge in [-0.05, 0) is 30.9 Å². The van der Waals surface area contributed by atoms with E-state index >= 15 is 0 Å². The molecule has 2 rings (SSSR count). The lowest BCUT2D eigenvalue weighted by atomic mass is 9.85. The molecule has 88 valence electrons. The summed E-state index contributed by atoms with van der Waals surface area (Å²) in [7, 11) is 1.76. The fourth-order valence-corrected chi connectivity index (χ4v) is 2.13. The van der Waals surface area contributed by atoms with Gasteiger partial charge in [0.2, 0.25) is 0 Å². The molecule has 1 N–H and O–H groups in total. The summed E-state index contributed by atoms with van der Waals surface area (Å²) < 4.78 is 5.28. The Balaban J connectivity index is 1.88. The molecule has 0 radical (unpaired) electrons. The number of ether oxygens (including phenoxy) is 1. The van der Waals surface area contributed by atoms with Gasteiger partial charge in [0.25, 0.3) is 0 Å². The van der Waals surface area contributed by atoms with Crippen molar-refractivity contribution in [3.63, 3.8) is 0 Å². The molecule has 0 amide bonds. The van der Waals surface area contributed by atoms with Crippen molar-refractivity contribution in [1.29, 1.82) is 0 Å². The normalized spacial score (nSPS) is 18.1. The van der Waals surface area contributed by atoms with E-state index in [-0.39, 0.29) is 0 Å². The average Bonchev–Trinajstić information content (AvgIpc) is 2.27. The highest BCUT2D eigenvalue weighted by molar-refractivity contribution is 5.18. The van der Waals surface area contributed by atoms with Crippen molar-refractivity contribution in [1.82, 2.24) is 5.32 Å². The maximum atomic E-state index is 5.28. The Morgan fingerprint density at radius 3 is 2.62 bits per heavy atom. The van der Waals surface area contributed by atoms with Crippen molar-refractivity contribution >= 4 is 0 Å². The van der Waals surface area contributed by atoms with E-state index in [9.17, 15) is 0 Å². The zero-order valence-electron chi connectivity index (χ0n) is 9.99. The van der Waals surface area contributed by atoms with Crippen molar-refractivity contribution in [2.24, 2.45) is 5.92 Å². The van der Waals surface area contributed by atoms with Gasteiger partial charge < -0.3 is 10.1 Å². The monoisotopic (exact) mass is 219 g/mol. The van der Waals surface area contributed by atoms with Crippen LogP contribution in [0.3, 0.4) is 0 Å².